The predicted molar refractivity (Wildman–Crippen MR) is 26.0 cm³/mol. The Labute approximate surface area is 43.1 Å². The summed E-state index contributed by atoms with van der Waals surface area (Å²) in [4.78, 5) is 0. The summed E-state index contributed by atoms with van der Waals surface area (Å²) in [5.74, 6) is 0. The van der Waals surface area contributed by atoms with E-state index in [2.05, 4.69) is 0 Å². The molecule has 0 aromatic rings. The molecule has 1 N–H and O–H groups in total. The Morgan fingerprint density at radius 3 is 2.29 bits per heavy atom. The lowest BCUT2D eigenvalue weighted by molar-refractivity contribution is -0.0760. The van der Waals surface area contributed by atoms with Gasteiger partial charge < -0.3 is 9.84 Å². The molecule has 1 aliphatic rings. The van der Waals surface area contributed by atoms with Crippen LogP contribution in [0.1, 0.15) is 12.8 Å². The van der Waals surface area contributed by atoms with Crippen molar-refractivity contribution in [2.24, 2.45) is 0 Å². The number of ether oxygens (including phenoxy) is 1. The van der Waals surface area contributed by atoms with Gasteiger partial charge >= 0.3 is 0 Å². The summed E-state index contributed by atoms with van der Waals surface area (Å²) in [5, 5.41) is 8.78. The van der Waals surface area contributed by atoms with Crippen LogP contribution in [0.25, 0.3) is 0 Å². The van der Waals surface area contributed by atoms with Crippen LogP contribution in [-0.4, -0.2) is 24.4 Å². The van der Waals surface area contributed by atoms with E-state index in [1.54, 1.807) is 7.11 Å². The highest BCUT2D eigenvalue weighted by Gasteiger charge is 2.27. The summed E-state index contributed by atoms with van der Waals surface area (Å²) in [6.45, 7) is 0. The van der Waals surface area contributed by atoms with Gasteiger partial charge in [-0.3, -0.25) is 0 Å². The number of rotatable bonds is 1. The molecule has 0 radical (unpaired) electrons. The maximum Gasteiger partial charge on any atom is 0.0831 e. The molecule has 0 aromatic heterocycles. The van der Waals surface area contributed by atoms with Crippen molar-refractivity contribution in [1.82, 2.24) is 0 Å². The SMILES string of the molecule is COC1CCC1O. The van der Waals surface area contributed by atoms with E-state index in [-0.39, 0.29) is 12.2 Å². The standard InChI is InChI=1S/C5H10O2/c1-7-5-3-2-4(5)6/h4-6H,2-3H2,1H3. The van der Waals surface area contributed by atoms with E-state index in [1.165, 1.54) is 0 Å². The van der Waals surface area contributed by atoms with Gasteiger partial charge in [-0.05, 0) is 12.8 Å². The van der Waals surface area contributed by atoms with Crippen LogP contribution in [0.15, 0.2) is 0 Å². The van der Waals surface area contributed by atoms with Crippen molar-refractivity contribution in [3.05, 3.63) is 0 Å². The van der Waals surface area contributed by atoms with Crippen molar-refractivity contribution < 1.29 is 9.84 Å². The molecule has 42 valence electrons. The Morgan fingerprint density at radius 1 is 1.57 bits per heavy atom. The van der Waals surface area contributed by atoms with Crippen LogP contribution in [0.5, 0.6) is 0 Å². The molecule has 0 heterocycles. The quantitative estimate of drug-likeness (QED) is 0.511. The van der Waals surface area contributed by atoms with Gasteiger partial charge in [-0.1, -0.05) is 0 Å². The Hall–Kier alpha value is -0.0800. The van der Waals surface area contributed by atoms with Crippen LogP contribution in [0.2, 0.25) is 0 Å². The molecule has 1 aliphatic carbocycles. The zero-order chi connectivity index (χ0) is 5.28. The lowest BCUT2D eigenvalue weighted by Gasteiger charge is -2.30. The topological polar surface area (TPSA) is 29.5 Å². The van der Waals surface area contributed by atoms with Crippen LogP contribution < -0.4 is 0 Å². The van der Waals surface area contributed by atoms with Crippen molar-refractivity contribution in [1.29, 1.82) is 0 Å². The zero-order valence-electron chi connectivity index (χ0n) is 4.42. The van der Waals surface area contributed by atoms with Gasteiger partial charge in [0.15, 0.2) is 0 Å². The minimum Gasteiger partial charge on any atom is -0.390 e. The van der Waals surface area contributed by atoms with Crippen LogP contribution in [-0.2, 0) is 4.74 Å². The minimum absolute atomic E-state index is 0.139. The van der Waals surface area contributed by atoms with Crippen molar-refractivity contribution in [3.63, 3.8) is 0 Å². The van der Waals surface area contributed by atoms with E-state index in [1.807, 2.05) is 0 Å². The Balaban J connectivity index is 2.16. The Kier molecular flexibility index (Phi) is 1.30. The second kappa shape index (κ2) is 1.80. The molecule has 0 aliphatic heterocycles. The molecule has 7 heavy (non-hydrogen) atoms. The smallest absolute Gasteiger partial charge is 0.0831 e. The lowest BCUT2D eigenvalue weighted by Crippen LogP contribution is -2.37. The van der Waals surface area contributed by atoms with Crippen molar-refractivity contribution >= 4 is 0 Å². The van der Waals surface area contributed by atoms with Crippen LogP contribution >= 0.6 is 0 Å². The maximum absolute atomic E-state index is 8.78. The minimum atomic E-state index is -0.176. The third-order valence-electron chi connectivity index (χ3n) is 1.48. The summed E-state index contributed by atoms with van der Waals surface area (Å²) in [6.07, 6.45) is 1.90. The first-order valence-electron chi connectivity index (χ1n) is 2.55. The van der Waals surface area contributed by atoms with Gasteiger partial charge in [0.2, 0.25) is 0 Å². The molecule has 0 aromatic carbocycles. The van der Waals surface area contributed by atoms with Crippen molar-refractivity contribution in [2.75, 3.05) is 7.11 Å². The highest BCUT2D eigenvalue weighted by atomic mass is 16.5. The van der Waals surface area contributed by atoms with Crippen molar-refractivity contribution in [3.8, 4) is 0 Å². The molecule has 2 heteroatoms. The maximum atomic E-state index is 8.78. The average Bonchev–Trinajstić information content (AvgIpc) is 1.65. The molecular weight excluding hydrogens is 92.1 g/mol. The molecule has 1 fully saturated rings. The Morgan fingerprint density at radius 2 is 2.29 bits per heavy atom. The Bertz CT molecular complexity index is 61.1. The van der Waals surface area contributed by atoms with Gasteiger partial charge in [0.25, 0.3) is 0 Å². The first-order valence-corrected chi connectivity index (χ1v) is 2.55. The van der Waals surface area contributed by atoms with Gasteiger partial charge in [0.05, 0.1) is 12.2 Å². The fraction of sp³-hybridized carbons (Fsp3) is 1.00. The second-order valence-electron chi connectivity index (χ2n) is 1.92. The monoisotopic (exact) mass is 102 g/mol. The highest BCUT2D eigenvalue weighted by molar-refractivity contribution is 4.79. The molecular formula is C5H10O2. The normalized spacial score (nSPS) is 40.3. The molecule has 0 spiro atoms. The van der Waals surface area contributed by atoms with Gasteiger partial charge in [-0.15, -0.1) is 0 Å². The number of aliphatic hydroxyl groups excluding tert-OH is 1. The largest absolute Gasteiger partial charge is 0.390 e. The summed E-state index contributed by atoms with van der Waals surface area (Å²) < 4.78 is 4.85. The number of hydrogen-bond donors (Lipinski definition) is 1. The summed E-state index contributed by atoms with van der Waals surface area (Å²) >= 11 is 0. The summed E-state index contributed by atoms with van der Waals surface area (Å²) in [5.41, 5.74) is 0. The molecule has 0 amide bonds. The molecule has 2 nitrogen and oxygen atoms in total. The fourth-order valence-electron chi connectivity index (χ4n) is 0.727. The molecule has 0 bridgehead atoms. The number of aliphatic hydroxyl groups is 1. The van der Waals surface area contributed by atoms with Crippen LogP contribution in [0.4, 0.5) is 0 Å². The first kappa shape index (κ1) is 5.06. The van der Waals surface area contributed by atoms with Gasteiger partial charge in [0.1, 0.15) is 0 Å². The van der Waals surface area contributed by atoms with Crippen LogP contribution in [0, 0.1) is 0 Å². The third kappa shape index (κ3) is 0.763. The van der Waals surface area contributed by atoms with E-state index in [4.69, 9.17) is 9.84 Å². The molecule has 2 unspecified atom stereocenters. The van der Waals surface area contributed by atoms with Gasteiger partial charge in [-0.25, -0.2) is 0 Å². The predicted octanol–water partition coefficient (Wildman–Crippen LogP) is 0.156. The van der Waals surface area contributed by atoms with E-state index in [0.717, 1.165) is 12.8 Å². The first-order chi connectivity index (χ1) is 3.34. The zero-order valence-corrected chi connectivity index (χ0v) is 4.42. The van der Waals surface area contributed by atoms with E-state index < -0.39 is 0 Å². The average molecular weight is 102 g/mol. The van der Waals surface area contributed by atoms with Gasteiger partial charge in [-0.2, -0.15) is 0 Å². The molecule has 0 saturated heterocycles. The van der Waals surface area contributed by atoms with E-state index >= 15 is 0 Å². The highest BCUT2D eigenvalue weighted by Crippen LogP contribution is 2.21. The summed E-state index contributed by atoms with van der Waals surface area (Å²) in [6, 6.07) is 0. The molecule has 1 saturated carbocycles. The molecule has 2 atom stereocenters. The van der Waals surface area contributed by atoms with Crippen LogP contribution in [0.3, 0.4) is 0 Å². The van der Waals surface area contributed by atoms with Gasteiger partial charge in [0, 0.05) is 7.11 Å². The summed E-state index contributed by atoms with van der Waals surface area (Å²) in [7, 11) is 1.63. The third-order valence-corrected chi connectivity index (χ3v) is 1.48. The second-order valence-corrected chi connectivity index (χ2v) is 1.92. The molecule has 1 rings (SSSR count). The number of methoxy groups -OCH3 is 1. The van der Waals surface area contributed by atoms with E-state index in [0.29, 0.717) is 0 Å². The lowest BCUT2D eigenvalue weighted by atomic mass is 9.92. The number of hydrogen-bond acceptors (Lipinski definition) is 2. The fourth-order valence-corrected chi connectivity index (χ4v) is 0.727. The van der Waals surface area contributed by atoms with Crippen molar-refractivity contribution in [2.45, 2.75) is 25.0 Å². The van der Waals surface area contributed by atoms with E-state index in [9.17, 15) is 0 Å².